The van der Waals surface area contributed by atoms with Gasteiger partial charge in [0.1, 0.15) is 0 Å². The minimum absolute atomic E-state index is 0. The minimum Gasteiger partial charge on any atom is -1.00 e. The van der Waals surface area contributed by atoms with Crippen molar-refractivity contribution in [2.24, 2.45) is 0 Å². The summed E-state index contributed by atoms with van der Waals surface area (Å²) in [5, 5.41) is 0. The van der Waals surface area contributed by atoms with Crippen LogP contribution >= 0.6 is 0 Å². The summed E-state index contributed by atoms with van der Waals surface area (Å²) in [7, 11) is 0. The van der Waals surface area contributed by atoms with E-state index in [0.29, 0.717) is 0 Å². The van der Waals surface area contributed by atoms with Gasteiger partial charge in [0, 0.05) is 0 Å². The number of hydrogen-bond acceptors (Lipinski definition) is 0. The fourth-order valence-corrected chi connectivity index (χ4v) is 12.6. The molecule has 4 rings (SSSR count). The molecule has 0 saturated carbocycles. The van der Waals surface area contributed by atoms with Crippen molar-refractivity contribution >= 4 is 14.8 Å². The molecule has 2 aromatic carbocycles. The smallest absolute Gasteiger partial charge is 1.00 e. The van der Waals surface area contributed by atoms with Crippen LogP contribution in [0.4, 0.5) is 0 Å². The van der Waals surface area contributed by atoms with E-state index in [1.165, 1.54) is 16.7 Å². The van der Waals surface area contributed by atoms with Crippen molar-refractivity contribution in [2.75, 3.05) is 0 Å². The van der Waals surface area contributed by atoms with Crippen LogP contribution in [0.15, 0.2) is 48.6 Å². The van der Waals surface area contributed by atoms with Crippen molar-refractivity contribution in [3.63, 3.8) is 0 Å². The molecule has 0 amide bonds. The molecule has 0 heterocycles. The molecule has 0 saturated heterocycles. The quantitative estimate of drug-likeness (QED) is 0.419. The van der Waals surface area contributed by atoms with Gasteiger partial charge >= 0.3 is 152 Å². The molecule has 4 heteroatoms. The van der Waals surface area contributed by atoms with Crippen molar-refractivity contribution < 1.29 is 47.2 Å². The molecule has 2 aliphatic rings. The van der Waals surface area contributed by atoms with Gasteiger partial charge in [-0.3, -0.25) is 0 Å². The van der Waals surface area contributed by atoms with Gasteiger partial charge in [-0.25, -0.2) is 0 Å². The van der Waals surface area contributed by atoms with Crippen LogP contribution in [-0.4, -0.2) is 5.92 Å². The molecule has 0 aromatic heterocycles. The van der Waals surface area contributed by atoms with E-state index in [9.17, 15) is 0 Å². The monoisotopic (exact) mass is 462 g/mol. The molecule has 0 N–H and O–H groups in total. The average molecular weight is 465 g/mol. The predicted octanol–water partition coefficient (Wildman–Crippen LogP) is -1.39. The number of allylic oxidation sites excluding steroid dienone is 4. The maximum Gasteiger partial charge on any atom is -1.00 e. The van der Waals surface area contributed by atoms with Gasteiger partial charge in [-0.1, -0.05) is 0 Å². The van der Waals surface area contributed by atoms with Gasteiger partial charge in [0.15, 0.2) is 0 Å². The third kappa shape index (κ3) is 3.83. The van der Waals surface area contributed by atoms with Crippen LogP contribution < -0.4 is 28.1 Å². The normalized spacial score (nSPS) is 13.5. The molecule has 0 atom stereocenters. The number of rotatable bonds is 3. The van der Waals surface area contributed by atoms with Gasteiger partial charge in [0.05, 0.1) is 0 Å². The SMILES string of the molecule is Cc1cc(C2=CC=CC2)[c]([Zr+2][SiH](C)C)c2c1-c1ccccc1C2.[Cl-].[Cl-]. The minimum atomic E-state index is -0.494. The van der Waals surface area contributed by atoms with Crippen molar-refractivity contribution in [1.29, 1.82) is 0 Å². The number of aryl methyl sites for hydroxylation is 1. The van der Waals surface area contributed by atoms with Gasteiger partial charge in [0.2, 0.25) is 0 Å². The molecule has 25 heavy (non-hydrogen) atoms. The summed E-state index contributed by atoms with van der Waals surface area (Å²) >= 11 is -0.442. The summed E-state index contributed by atoms with van der Waals surface area (Å²) in [6, 6.07) is 11.5. The van der Waals surface area contributed by atoms with E-state index in [1.54, 1.807) is 22.3 Å². The predicted molar refractivity (Wildman–Crippen MR) is 99.7 cm³/mol. The first kappa shape index (κ1) is 20.9. The Morgan fingerprint density at radius 1 is 1.04 bits per heavy atom. The van der Waals surface area contributed by atoms with Gasteiger partial charge < -0.3 is 24.8 Å². The second-order valence-corrected chi connectivity index (χ2v) is 21.4. The van der Waals surface area contributed by atoms with E-state index in [0.717, 1.165) is 12.8 Å². The van der Waals surface area contributed by atoms with Crippen molar-refractivity contribution in [3.8, 4) is 11.1 Å². The Hall–Kier alpha value is -0.400. The van der Waals surface area contributed by atoms with Crippen LogP contribution in [0.5, 0.6) is 0 Å². The maximum atomic E-state index is 2.55. The van der Waals surface area contributed by atoms with E-state index >= 15 is 0 Å². The third-order valence-electron chi connectivity index (χ3n) is 4.83. The molecule has 0 radical (unpaired) electrons. The summed E-state index contributed by atoms with van der Waals surface area (Å²) in [5.41, 5.74) is 10.9. The standard InChI is InChI=1S/C19H15.C2H7Si.2ClH.Zr/c1-13-10-16(14-6-2-3-7-14)12-17-11-15-8-4-5-9-18(15)19(13)17;1-3-2;;;/h2-6,8-10H,7,11H2,1H3;3H,1-2H3;2*1H;/q;;;;+2/p-2. The van der Waals surface area contributed by atoms with Crippen LogP contribution in [0, 0.1) is 6.92 Å². The number of benzene rings is 2. The molecule has 0 aliphatic heterocycles. The molecular weight excluding hydrogens is 442 g/mol. The summed E-state index contributed by atoms with van der Waals surface area (Å²) in [5.74, 6) is -0.494. The molecular formula is C21H22Cl2SiZr. The number of fused-ring (bicyclic) bond motifs is 3. The van der Waals surface area contributed by atoms with Crippen LogP contribution in [0.2, 0.25) is 13.1 Å². The average Bonchev–Trinajstić information content (AvgIpc) is 3.16. The fourth-order valence-electron chi connectivity index (χ4n) is 3.90. The Morgan fingerprint density at radius 2 is 1.80 bits per heavy atom. The van der Waals surface area contributed by atoms with Crippen LogP contribution in [0.3, 0.4) is 0 Å². The summed E-state index contributed by atoms with van der Waals surface area (Å²) in [4.78, 5) is 0. The number of halogens is 2. The first-order valence-corrected chi connectivity index (χ1v) is 16.9. The molecule has 0 nitrogen and oxygen atoms in total. The Morgan fingerprint density at radius 3 is 2.48 bits per heavy atom. The van der Waals surface area contributed by atoms with Crippen molar-refractivity contribution in [2.45, 2.75) is 32.9 Å². The molecule has 2 aromatic rings. The Labute approximate surface area is 175 Å². The van der Waals surface area contributed by atoms with Crippen molar-refractivity contribution in [3.05, 3.63) is 70.8 Å². The second-order valence-electron chi connectivity index (χ2n) is 6.93. The summed E-state index contributed by atoms with van der Waals surface area (Å²) in [6.45, 7) is 7.41. The Kier molecular flexibility index (Phi) is 7.13. The summed E-state index contributed by atoms with van der Waals surface area (Å²) < 4.78 is 1.82. The molecule has 0 unspecified atom stereocenters. The van der Waals surface area contributed by atoms with Gasteiger partial charge in [-0.05, 0) is 0 Å². The first-order chi connectivity index (χ1) is 11.1. The maximum absolute atomic E-state index is 2.55. The van der Waals surface area contributed by atoms with Crippen LogP contribution in [-0.2, 0) is 28.8 Å². The molecule has 0 spiro atoms. The van der Waals surface area contributed by atoms with Crippen LogP contribution in [0.25, 0.3) is 16.7 Å². The zero-order chi connectivity index (χ0) is 16.0. The van der Waals surface area contributed by atoms with E-state index in [2.05, 4.69) is 68.6 Å². The van der Waals surface area contributed by atoms with Gasteiger partial charge in [0.25, 0.3) is 0 Å². The third-order valence-corrected chi connectivity index (χ3v) is 13.5. The second kappa shape index (κ2) is 8.53. The Bertz CT molecular complexity index is 853. The first-order valence-electron chi connectivity index (χ1n) is 8.52. The zero-order valence-electron chi connectivity index (χ0n) is 14.9. The summed E-state index contributed by atoms with van der Waals surface area (Å²) in [6.07, 6.45) is 9.16. The topological polar surface area (TPSA) is 0 Å². The van der Waals surface area contributed by atoms with E-state index in [4.69, 9.17) is 0 Å². The van der Waals surface area contributed by atoms with E-state index in [1.807, 2.05) is 3.27 Å². The fraction of sp³-hybridized carbons (Fsp3) is 0.238. The van der Waals surface area contributed by atoms with Crippen LogP contribution in [0.1, 0.15) is 28.7 Å². The molecule has 0 bridgehead atoms. The number of hydrogen-bond donors (Lipinski definition) is 0. The Balaban J connectivity index is 0.00000113. The zero-order valence-corrected chi connectivity index (χ0v) is 20.0. The van der Waals surface area contributed by atoms with Gasteiger partial charge in [-0.15, -0.1) is 0 Å². The van der Waals surface area contributed by atoms with E-state index in [-0.39, 0.29) is 24.8 Å². The molecule has 2 aliphatic carbocycles. The van der Waals surface area contributed by atoms with Crippen molar-refractivity contribution in [1.82, 2.24) is 0 Å². The largest absolute Gasteiger partial charge is 1.00 e. The van der Waals surface area contributed by atoms with E-state index < -0.39 is 28.3 Å². The van der Waals surface area contributed by atoms with Gasteiger partial charge in [-0.2, -0.15) is 0 Å². The molecule has 0 fully saturated rings. The molecule has 128 valence electrons.